The van der Waals surface area contributed by atoms with Crippen molar-refractivity contribution in [3.8, 4) is 11.1 Å². The van der Waals surface area contributed by atoms with Gasteiger partial charge in [-0.2, -0.15) is 0 Å². The summed E-state index contributed by atoms with van der Waals surface area (Å²) in [4.78, 5) is 17.6. The fourth-order valence-electron chi connectivity index (χ4n) is 3.65. The Balaban J connectivity index is 1.93. The van der Waals surface area contributed by atoms with E-state index in [0.29, 0.717) is 5.92 Å². The van der Waals surface area contributed by atoms with Crippen LogP contribution in [0.1, 0.15) is 42.9 Å². The Kier molecular flexibility index (Phi) is 3.10. The number of nitrogens with one attached hydrogen (secondary N) is 1. The minimum absolute atomic E-state index is 0.0663. The molecule has 1 aromatic carbocycles. The van der Waals surface area contributed by atoms with Gasteiger partial charge in [0.25, 0.3) is 5.56 Å². The Morgan fingerprint density at radius 3 is 2.64 bits per heavy atom. The molecule has 112 valence electrons. The highest BCUT2D eigenvalue weighted by molar-refractivity contribution is 5.76. The molecular formula is C18H19N3O. The minimum Gasteiger partial charge on any atom is -0.296 e. The number of benzene rings is 1. The molecule has 1 saturated carbocycles. The van der Waals surface area contributed by atoms with E-state index in [9.17, 15) is 4.79 Å². The number of hydrogen-bond donors (Lipinski definition) is 1. The molecule has 1 aliphatic rings. The third-order valence-electron chi connectivity index (χ3n) is 4.74. The van der Waals surface area contributed by atoms with Crippen LogP contribution in [0, 0.1) is 6.92 Å². The summed E-state index contributed by atoms with van der Waals surface area (Å²) in [6.45, 7) is 1.97. The Morgan fingerprint density at radius 1 is 1.18 bits per heavy atom. The number of rotatable bonds is 2. The fraction of sp³-hybridized carbons (Fsp3) is 0.333. The van der Waals surface area contributed by atoms with Crippen LogP contribution in [-0.2, 0) is 0 Å². The van der Waals surface area contributed by atoms with Crippen molar-refractivity contribution in [2.45, 2.75) is 38.5 Å². The lowest BCUT2D eigenvalue weighted by Crippen LogP contribution is -2.23. The highest BCUT2D eigenvalue weighted by Crippen LogP contribution is 2.34. The number of aryl methyl sites for hydroxylation is 1. The molecule has 0 saturated heterocycles. The third-order valence-corrected chi connectivity index (χ3v) is 4.74. The molecule has 0 aliphatic heterocycles. The van der Waals surface area contributed by atoms with Gasteiger partial charge in [-0.3, -0.25) is 9.89 Å². The topological polar surface area (TPSA) is 50.2 Å². The van der Waals surface area contributed by atoms with E-state index >= 15 is 0 Å². The second kappa shape index (κ2) is 5.13. The van der Waals surface area contributed by atoms with E-state index in [1.54, 1.807) is 4.52 Å². The number of aromatic nitrogens is 3. The Bertz CT molecular complexity index is 870. The third kappa shape index (κ3) is 1.98. The lowest BCUT2D eigenvalue weighted by Gasteiger charge is -2.11. The Hall–Kier alpha value is -2.36. The van der Waals surface area contributed by atoms with Gasteiger partial charge in [0.05, 0.1) is 0 Å². The quantitative estimate of drug-likeness (QED) is 0.784. The van der Waals surface area contributed by atoms with Crippen molar-refractivity contribution in [2.75, 3.05) is 0 Å². The van der Waals surface area contributed by atoms with Crippen molar-refractivity contribution in [3.05, 3.63) is 58.1 Å². The molecule has 4 nitrogen and oxygen atoms in total. The van der Waals surface area contributed by atoms with Crippen LogP contribution in [0.15, 0.2) is 41.3 Å². The van der Waals surface area contributed by atoms with Crippen molar-refractivity contribution in [2.24, 2.45) is 0 Å². The molecule has 4 rings (SSSR count). The van der Waals surface area contributed by atoms with Gasteiger partial charge in [-0.15, -0.1) is 0 Å². The lowest BCUT2D eigenvalue weighted by atomic mass is 9.97. The summed E-state index contributed by atoms with van der Waals surface area (Å²) in [5.74, 6) is 0.375. The first kappa shape index (κ1) is 13.3. The molecule has 0 bridgehead atoms. The van der Waals surface area contributed by atoms with Gasteiger partial charge in [0.15, 0.2) is 5.65 Å². The first-order valence-corrected chi connectivity index (χ1v) is 7.92. The van der Waals surface area contributed by atoms with E-state index in [2.05, 4.69) is 5.10 Å². The first-order chi connectivity index (χ1) is 10.8. The molecule has 0 spiro atoms. The van der Waals surface area contributed by atoms with Gasteiger partial charge >= 0.3 is 0 Å². The average Bonchev–Trinajstić information content (AvgIpc) is 3.18. The number of hydrogen-bond acceptors (Lipinski definition) is 2. The zero-order valence-corrected chi connectivity index (χ0v) is 12.7. The van der Waals surface area contributed by atoms with E-state index in [4.69, 9.17) is 4.98 Å². The van der Waals surface area contributed by atoms with Crippen LogP contribution in [0.25, 0.3) is 16.8 Å². The normalized spacial score (nSPS) is 15.7. The molecular weight excluding hydrogens is 274 g/mol. The summed E-state index contributed by atoms with van der Waals surface area (Å²) in [5.41, 5.74) is 4.61. The van der Waals surface area contributed by atoms with Gasteiger partial charge in [0, 0.05) is 23.0 Å². The number of aromatic amines is 1. The summed E-state index contributed by atoms with van der Waals surface area (Å²) in [5, 5.41) is 3.09. The minimum atomic E-state index is 0.0663. The largest absolute Gasteiger partial charge is 0.296 e. The molecule has 3 aromatic rings. The van der Waals surface area contributed by atoms with E-state index in [1.165, 1.54) is 12.8 Å². The van der Waals surface area contributed by atoms with Crippen molar-refractivity contribution in [1.29, 1.82) is 0 Å². The Labute approximate surface area is 128 Å². The van der Waals surface area contributed by atoms with Gasteiger partial charge in [0.1, 0.15) is 0 Å². The fourth-order valence-corrected chi connectivity index (χ4v) is 3.65. The van der Waals surface area contributed by atoms with Crippen LogP contribution in [0.4, 0.5) is 0 Å². The van der Waals surface area contributed by atoms with Crippen LogP contribution < -0.4 is 5.56 Å². The SMILES string of the molecule is Cc1nc2c(-c3ccccc3)c[nH]n2c(=O)c1C1CCCC1. The molecule has 0 atom stereocenters. The highest BCUT2D eigenvalue weighted by Gasteiger charge is 2.24. The monoisotopic (exact) mass is 293 g/mol. The summed E-state index contributed by atoms with van der Waals surface area (Å²) in [6.07, 6.45) is 6.52. The molecule has 1 N–H and O–H groups in total. The molecule has 1 fully saturated rings. The van der Waals surface area contributed by atoms with Crippen LogP contribution >= 0.6 is 0 Å². The predicted molar refractivity (Wildman–Crippen MR) is 87.2 cm³/mol. The van der Waals surface area contributed by atoms with Crippen LogP contribution in [0.2, 0.25) is 0 Å². The van der Waals surface area contributed by atoms with Crippen LogP contribution in [-0.4, -0.2) is 14.6 Å². The number of fused-ring (bicyclic) bond motifs is 1. The Morgan fingerprint density at radius 2 is 1.91 bits per heavy atom. The van der Waals surface area contributed by atoms with E-state index in [-0.39, 0.29) is 5.56 Å². The molecule has 2 heterocycles. The van der Waals surface area contributed by atoms with Gasteiger partial charge in [0.2, 0.25) is 0 Å². The maximum absolute atomic E-state index is 12.9. The van der Waals surface area contributed by atoms with Crippen LogP contribution in [0.3, 0.4) is 0 Å². The maximum Gasteiger partial charge on any atom is 0.276 e. The highest BCUT2D eigenvalue weighted by atomic mass is 16.1. The molecule has 0 unspecified atom stereocenters. The van der Waals surface area contributed by atoms with Gasteiger partial charge in [-0.25, -0.2) is 9.50 Å². The zero-order valence-electron chi connectivity index (χ0n) is 12.7. The van der Waals surface area contributed by atoms with Gasteiger partial charge in [-0.05, 0) is 31.2 Å². The standard InChI is InChI=1S/C18H19N3O/c1-12-16(14-9-5-6-10-14)18(22)21-17(20-12)15(11-19-21)13-7-3-2-4-8-13/h2-4,7-8,11,14,19H,5-6,9-10H2,1H3. The van der Waals surface area contributed by atoms with Crippen LogP contribution in [0.5, 0.6) is 0 Å². The zero-order chi connectivity index (χ0) is 15.1. The van der Waals surface area contributed by atoms with Gasteiger partial charge < -0.3 is 0 Å². The lowest BCUT2D eigenvalue weighted by molar-refractivity contribution is 0.687. The van der Waals surface area contributed by atoms with E-state index < -0.39 is 0 Å². The number of nitrogens with zero attached hydrogens (tertiary/aromatic N) is 2. The molecule has 22 heavy (non-hydrogen) atoms. The molecule has 1 aliphatic carbocycles. The smallest absolute Gasteiger partial charge is 0.276 e. The summed E-state index contributed by atoms with van der Waals surface area (Å²) in [6, 6.07) is 10.1. The summed E-state index contributed by atoms with van der Waals surface area (Å²) in [7, 11) is 0. The second-order valence-electron chi connectivity index (χ2n) is 6.11. The molecule has 2 aromatic heterocycles. The second-order valence-corrected chi connectivity index (χ2v) is 6.11. The summed E-state index contributed by atoms with van der Waals surface area (Å²) < 4.78 is 1.60. The predicted octanol–water partition coefficient (Wildman–Crippen LogP) is 3.66. The first-order valence-electron chi connectivity index (χ1n) is 7.92. The van der Waals surface area contributed by atoms with Gasteiger partial charge in [-0.1, -0.05) is 43.2 Å². The average molecular weight is 293 g/mol. The van der Waals surface area contributed by atoms with Crippen molar-refractivity contribution in [3.63, 3.8) is 0 Å². The summed E-state index contributed by atoms with van der Waals surface area (Å²) >= 11 is 0. The van der Waals surface area contributed by atoms with E-state index in [1.807, 2.05) is 43.5 Å². The van der Waals surface area contributed by atoms with E-state index in [0.717, 1.165) is 40.9 Å². The van der Waals surface area contributed by atoms with Crippen molar-refractivity contribution >= 4 is 5.65 Å². The molecule has 0 amide bonds. The maximum atomic E-state index is 12.9. The number of H-pyrrole nitrogens is 1. The molecule has 0 radical (unpaired) electrons. The van der Waals surface area contributed by atoms with Crippen molar-refractivity contribution in [1.82, 2.24) is 14.6 Å². The molecule has 4 heteroatoms. The van der Waals surface area contributed by atoms with Crippen molar-refractivity contribution < 1.29 is 0 Å².